The molecule has 2 aromatic rings. The Kier molecular flexibility index (Phi) is 4.12. The molecule has 1 N–H and O–H groups in total. The van der Waals surface area contributed by atoms with Gasteiger partial charge >= 0.3 is 0 Å². The number of carbonyl (C=O) groups excluding carboxylic acids is 1. The zero-order chi connectivity index (χ0) is 16.5. The molecular weight excluding hydrogens is 322 g/mol. The molecule has 3 heterocycles. The molecule has 0 bridgehead atoms. The predicted octanol–water partition coefficient (Wildman–Crippen LogP) is 2.35. The molecule has 1 aromatic heterocycles. The molecule has 6 nitrogen and oxygen atoms in total. The summed E-state index contributed by atoms with van der Waals surface area (Å²) >= 11 is 1.65. The van der Waals surface area contributed by atoms with E-state index in [0.29, 0.717) is 0 Å². The Morgan fingerprint density at radius 1 is 1.21 bits per heavy atom. The topological polar surface area (TPSA) is 61.4 Å². The fourth-order valence-electron chi connectivity index (χ4n) is 3.06. The standard InChI is InChI=1S/C17H19N5OS/c1-12(23)22-8-6-21(7-9-22)11-13-2-3-15-14(10-13)20-16-17(24-15)19-5-4-18-16/h2-5,10H,6-9,11H2,1H3,(H,18,20). The van der Waals surface area contributed by atoms with Crippen molar-refractivity contribution in [1.82, 2.24) is 19.8 Å². The average Bonchev–Trinajstić information content (AvgIpc) is 2.60. The summed E-state index contributed by atoms with van der Waals surface area (Å²) < 4.78 is 0. The number of carbonyl (C=O) groups is 1. The van der Waals surface area contributed by atoms with Crippen molar-refractivity contribution in [3.05, 3.63) is 36.2 Å². The van der Waals surface area contributed by atoms with Gasteiger partial charge in [-0.15, -0.1) is 0 Å². The van der Waals surface area contributed by atoms with Gasteiger partial charge in [-0.3, -0.25) is 9.69 Å². The van der Waals surface area contributed by atoms with Gasteiger partial charge in [-0.1, -0.05) is 17.8 Å². The summed E-state index contributed by atoms with van der Waals surface area (Å²) in [5, 5.41) is 4.29. The van der Waals surface area contributed by atoms with Crippen molar-refractivity contribution in [2.75, 3.05) is 31.5 Å². The number of fused-ring (bicyclic) bond motifs is 2. The molecule has 0 saturated carbocycles. The first-order valence-corrected chi connectivity index (χ1v) is 8.87. The normalized spacial score (nSPS) is 17.0. The molecule has 0 atom stereocenters. The third kappa shape index (κ3) is 3.09. The highest BCUT2D eigenvalue weighted by molar-refractivity contribution is 7.99. The predicted molar refractivity (Wildman–Crippen MR) is 93.4 cm³/mol. The molecule has 0 radical (unpaired) electrons. The SMILES string of the molecule is CC(=O)N1CCN(Cc2ccc3c(c2)Nc2nccnc2S3)CC1. The van der Waals surface area contributed by atoms with Gasteiger partial charge in [-0.2, -0.15) is 0 Å². The van der Waals surface area contributed by atoms with Crippen LogP contribution in [-0.4, -0.2) is 51.9 Å². The number of benzene rings is 1. The number of aromatic nitrogens is 2. The highest BCUT2D eigenvalue weighted by atomic mass is 32.2. The van der Waals surface area contributed by atoms with Gasteiger partial charge in [0.15, 0.2) is 5.82 Å². The van der Waals surface area contributed by atoms with Gasteiger partial charge in [-0.25, -0.2) is 9.97 Å². The first-order chi connectivity index (χ1) is 11.7. The van der Waals surface area contributed by atoms with Crippen molar-refractivity contribution in [2.45, 2.75) is 23.4 Å². The van der Waals surface area contributed by atoms with Crippen LogP contribution in [0.25, 0.3) is 0 Å². The maximum Gasteiger partial charge on any atom is 0.219 e. The summed E-state index contributed by atoms with van der Waals surface area (Å²) in [5.74, 6) is 0.992. The van der Waals surface area contributed by atoms with Crippen molar-refractivity contribution in [1.29, 1.82) is 0 Å². The summed E-state index contributed by atoms with van der Waals surface area (Å²) in [5.41, 5.74) is 2.36. The molecule has 0 spiro atoms. The van der Waals surface area contributed by atoms with Gasteiger partial charge in [-0.05, 0) is 17.7 Å². The van der Waals surface area contributed by atoms with E-state index < -0.39 is 0 Å². The minimum atomic E-state index is 0.171. The second kappa shape index (κ2) is 6.41. The summed E-state index contributed by atoms with van der Waals surface area (Å²) in [6, 6.07) is 6.51. The minimum Gasteiger partial charge on any atom is -0.340 e. The fourth-order valence-corrected chi connectivity index (χ4v) is 3.94. The monoisotopic (exact) mass is 341 g/mol. The number of nitrogens with one attached hydrogen (secondary N) is 1. The second-order valence-corrected chi connectivity index (χ2v) is 7.08. The number of anilines is 2. The van der Waals surface area contributed by atoms with Gasteiger partial charge in [0.2, 0.25) is 5.91 Å². The van der Waals surface area contributed by atoms with Gasteiger partial charge < -0.3 is 10.2 Å². The number of hydrogen-bond acceptors (Lipinski definition) is 6. The van der Waals surface area contributed by atoms with Crippen molar-refractivity contribution < 1.29 is 4.79 Å². The van der Waals surface area contributed by atoms with Gasteiger partial charge in [0, 0.05) is 56.9 Å². The molecule has 2 aliphatic heterocycles. The smallest absolute Gasteiger partial charge is 0.219 e. The Bertz CT molecular complexity index is 773. The number of rotatable bonds is 2. The van der Waals surface area contributed by atoms with Crippen LogP contribution < -0.4 is 5.32 Å². The Labute approximate surface area is 145 Å². The highest BCUT2D eigenvalue weighted by Crippen LogP contribution is 2.42. The largest absolute Gasteiger partial charge is 0.340 e. The number of nitrogens with zero attached hydrogens (tertiary/aromatic N) is 4. The maximum atomic E-state index is 11.4. The molecule has 124 valence electrons. The van der Waals surface area contributed by atoms with Crippen LogP contribution >= 0.6 is 11.8 Å². The highest BCUT2D eigenvalue weighted by Gasteiger charge is 2.20. The van der Waals surface area contributed by atoms with Crippen molar-refractivity contribution in [3.8, 4) is 0 Å². The number of piperazine rings is 1. The zero-order valence-corrected chi connectivity index (χ0v) is 14.3. The van der Waals surface area contributed by atoms with Crippen LogP contribution in [0.15, 0.2) is 40.5 Å². The first-order valence-electron chi connectivity index (χ1n) is 8.06. The second-order valence-electron chi connectivity index (χ2n) is 6.05. The molecule has 1 aromatic carbocycles. The van der Waals surface area contributed by atoms with E-state index in [0.717, 1.165) is 49.3 Å². The van der Waals surface area contributed by atoms with Crippen LogP contribution in [0.2, 0.25) is 0 Å². The van der Waals surface area contributed by atoms with Crippen molar-refractivity contribution in [3.63, 3.8) is 0 Å². The molecule has 24 heavy (non-hydrogen) atoms. The lowest BCUT2D eigenvalue weighted by Gasteiger charge is -2.34. The summed E-state index contributed by atoms with van der Waals surface area (Å²) in [4.78, 5) is 25.6. The lowest BCUT2D eigenvalue weighted by atomic mass is 10.1. The van der Waals surface area contributed by atoms with Crippen LogP contribution in [0.3, 0.4) is 0 Å². The fraction of sp³-hybridized carbons (Fsp3) is 0.353. The minimum absolute atomic E-state index is 0.171. The van der Waals surface area contributed by atoms with E-state index in [2.05, 4.69) is 38.4 Å². The Hall–Kier alpha value is -2.12. The number of amides is 1. The Balaban J connectivity index is 1.45. The quantitative estimate of drug-likeness (QED) is 0.772. The third-order valence-corrected chi connectivity index (χ3v) is 5.46. The molecule has 0 aliphatic carbocycles. The average molecular weight is 341 g/mol. The van der Waals surface area contributed by atoms with Gasteiger partial charge in [0.25, 0.3) is 0 Å². The van der Waals surface area contributed by atoms with E-state index in [9.17, 15) is 4.79 Å². The van der Waals surface area contributed by atoms with E-state index in [1.807, 2.05) is 4.90 Å². The van der Waals surface area contributed by atoms with Gasteiger partial charge in [0.05, 0.1) is 5.69 Å². The van der Waals surface area contributed by atoms with E-state index in [-0.39, 0.29) is 5.91 Å². The van der Waals surface area contributed by atoms with E-state index in [4.69, 9.17) is 0 Å². The van der Waals surface area contributed by atoms with Crippen LogP contribution in [0.1, 0.15) is 12.5 Å². The van der Waals surface area contributed by atoms with Crippen LogP contribution in [0, 0.1) is 0 Å². The third-order valence-electron chi connectivity index (χ3n) is 4.39. The molecule has 1 amide bonds. The molecule has 1 fully saturated rings. The van der Waals surface area contributed by atoms with Gasteiger partial charge in [0.1, 0.15) is 5.03 Å². The summed E-state index contributed by atoms with van der Waals surface area (Å²) in [6.07, 6.45) is 3.42. The lowest BCUT2D eigenvalue weighted by Crippen LogP contribution is -2.47. The molecule has 2 aliphatic rings. The molecule has 7 heteroatoms. The molecule has 4 rings (SSSR count). The first kappa shape index (κ1) is 15.4. The van der Waals surface area contributed by atoms with E-state index in [1.54, 1.807) is 31.1 Å². The molecule has 0 unspecified atom stereocenters. The van der Waals surface area contributed by atoms with Crippen LogP contribution in [0.5, 0.6) is 0 Å². The van der Waals surface area contributed by atoms with E-state index >= 15 is 0 Å². The van der Waals surface area contributed by atoms with Crippen LogP contribution in [-0.2, 0) is 11.3 Å². The molecular formula is C17H19N5OS. The zero-order valence-electron chi connectivity index (χ0n) is 13.5. The van der Waals surface area contributed by atoms with Crippen molar-refractivity contribution in [2.24, 2.45) is 0 Å². The Morgan fingerprint density at radius 2 is 2.00 bits per heavy atom. The van der Waals surface area contributed by atoms with Crippen LogP contribution in [0.4, 0.5) is 11.5 Å². The molecule has 1 saturated heterocycles. The summed E-state index contributed by atoms with van der Waals surface area (Å²) in [7, 11) is 0. The van der Waals surface area contributed by atoms with Crippen molar-refractivity contribution >= 4 is 29.2 Å². The lowest BCUT2D eigenvalue weighted by molar-refractivity contribution is -0.130. The number of hydrogen-bond donors (Lipinski definition) is 1. The maximum absolute atomic E-state index is 11.4. The summed E-state index contributed by atoms with van der Waals surface area (Å²) in [6.45, 7) is 6.02. The van der Waals surface area contributed by atoms with E-state index in [1.165, 1.54) is 10.5 Å². The Morgan fingerprint density at radius 3 is 2.79 bits per heavy atom.